The van der Waals surface area contributed by atoms with Crippen LogP contribution in [0.4, 0.5) is 0 Å². The molecule has 0 aliphatic heterocycles. The Bertz CT molecular complexity index is 595. The van der Waals surface area contributed by atoms with E-state index in [-0.39, 0.29) is 0 Å². The third-order valence-electron chi connectivity index (χ3n) is 3.61. The average molecular weight is 293 g/mol. The number of alkyl halides is 1. The molecule has 0 N–H and O–H groups in total. The molecule has 3 rings (SSSR count). The number of ether oxygens (including phenoxy) is 1. The zero-order valence-electron chi connectivity index (χ0n) is 10.4. The quantitative estimate of drug-likeness (QED) is 0.736. The van der Waals surface area contributed by atoms with Gasteiger partial charge in [-0.25, -0.2) is 0 Å². The van der Waals surface area contributed by atoms with Crippen LogP contribution in [0.15, 0.2) is 42.5 Å². The van der Waals surface area contributed by atoms with Crippen molar-refractivity contribution < 1.29 is 4.74 Å². The van der Waals surface area contributed by atoms with Gasteiger partial charge in [0, 0.05) is 16.5 Å². The molecule has 98 valence electrons. The first-order valence-electron chi connectivity index (χ1n) is 6.33. The first kappa shape index (κ1) is 12.8. The van der Waals surface area contributed by atoms with Crippen molar-refractivity contribution in [2.75, 3.05) is 6.61 Å². The zero-order chi connectivity index (χ0) is 13.2. The molecule has 2 aromatic rings. The lowest BCUT2D eigenvalue weighted by molar-refractivity contribution is 0.273. The minimum atomic E-state index is 0.371. The number of fused-ring (bicyclic) bond motifs is 1. The third kappa shape index (κ3) is 2.45. The summed E-state index contributed by atoms with van der Waals surface area (Å²) in [5.41, 5.74) is 3.70. The van der Waals surface area contributed by atoms with Gasteiger partial charge >= 0.3 is 0 Å². The molecular formula is C16H14Cl2O. The van der Waals surface area contributed by atoms with Crippen LogP contribution in [0, 0.1) is 0 Å². The lowest BCUT2D eigenvalue weighted by Crippen LogP contribution is -2.23. The van der Waals surface area contributed by atoms with Gasteiger partial charge in [-0.2, -0.15) is 0 Å². The van der Waals surface area contributed by atoms with Crippen LogP contribution >= 0.6 is 23.2 Å². The van der Waals surface area contributed by atoms with Crippen LogP contribution < -0.4 is 4.74 Å². The number of halogens is 2. The fraction of sp³-hybridized carbons (Fsp3) is 0.250. The summed E-state index contributed by atoms with van der Waals surface area (Å²) in [4.78, 5) is 0. The van der Waals surface area contributed by atoms with Gasteiger partial charge in [0.2, 0.25) is 0 Å². The van der Waals surface area contributed by atoms with Crippen molar-refractivity contribution in [2.45, 2.75) is 18.2 Å². The van der Waals surface area contributed by atoms with Crippen LogP contribution in [0.5, 0.6) is 5.75 Å². The molecule has 3 heteroatoms. The highest BCUT2D eigenvalue weighted by atomic mass is 35.5. The van der Waals surface area contributed by atoms with Crippen molar-refractivity contribution in [3.8, 4) is 5.75 Å². The predicted octanol–water partition coefficient (Wildman–Crippen LogP) is 4.80. The standard InChI is InChI=1S/C16H14Cl2O/c17-9-14-15(18)6-3-7-16(14)19-10-12-8-11-4-1-2-5-13(11)12/h1-7,12H,8-10H2. The van der Waals surface area contributed by atoms with Gasteiger partial charge in [0.1, 0.15) is 5.75 Å². The van der Waals surface area contributed by atoms with Crippen LogP contribution in [0.1, 0.15) is 22.6 Å². The van der Waals surface area contributed by atoms with Gasteiger partial charge in [-0.1, -0.05) is 41.9 Å². The van der Waals surface area contributed by atoms with Crippen LogP contribution in [0.2, 0.25) is 5.02 Å². The minimum Gasteiger partial charge on any atom is -0.493 e. The Kier molecular flexibility index (Phi) is 3.67. The number of hydrogen-bond acceptors (Lipinski definition) is 1. The Morgan fingerprint density at radius 1 is 1.11 bits per heavy atom. The maximum atomic E-state index is 6.11. The van der Waals surface area contributed by atoms with E-state index in [1.165, 1.54) is 11.1 Å². The van der Waals surface area contributed by atoms with E-state index in [0.717, 1.165) is 17.7 Å². The van der Waals surface area contributed by atoms with E-state index in [4.69, 9.17) is 27.9 Å². The van der Waals surface area contributed by atoms with Crippen molar-refractivity contribution >= 4 is 23.2 Å². The Labute approximate surface area is 123 Å². The van der Waals surface area contributed by atoms with E-state index in [1.807, 2.05) is 18.2 Å². The summed E-state index contributed by atoms with van der Waals surface area (Å²) < 4.78 is 5.90. The molecule has 1 aliphatic rings. The summed E-state index contributed by atoms with van der Waals surface area (Å²) in [6.07, 6.45) is 1.09. The minimum absolute atomic E-state index is 0.371. The number of rotatable bonds is 4. The van der Waals surface area contributed by atoms with Crippen molar-refractivity contribution in [1.29, 1.82) is 0 Å². The summed E-state index contributed by atoms with van der Waals surface area (Å²) in [6.45, 7) is 0.682. The van der Waals surface area contributed by atoms with Gasteiger partial charge < -0.3 is 4.74 Å². The number of hydrogen-bond donors (Lipinski definition) is 0. The van der Waals surface area contributed by atoms with Crippen LogP contribution in [0.3, 0.4) is 0 Å². The van der Waals surface area contributed by atoms with Crippen molar-refractivity contribution in [1.82, 2.24) is 0 Å². The Balaban J connectivity index is 1.70. The largest absolute Gasteiger partial charge is 0.493 e. The average Bonchev–Trinajstić information content (AvgIpc) is 2.40. The zero-order valence-corrected chi connectivity index (χ0v) is 11.9. The topological polar surface area (TPSA) is 9.23 Å². The second-order valence-electron chi connectivity index (χ2n) is 4.76. The summed E-state index contributed by atoms with van der Waals surface area (Å²) in [5.74, 6) is 1.65. The Morgan fingerprint density at radius 2 is 1.95 bits per heavy atom. The first-order valence-corrected chi connectivity index (χ1v) is 7.25. The maximum Gasteiger partial charge on any atom is 0.125 e. The van der Waals surface area contributed by atoms with Crippen molar-refractivity contribution in [3.63, 3.8) is 0 Å². The smallest absolute Gasteiger partial charge is 0.125 e. The van der Waals surface area contributed by atoms with Gasteiger partial charge in [-0.15, -0.1) is 11.6 Å². The van der Waals surface area contributed by atoms with E-state index in [1.54, 1.807) is 0 Å². The molecule has 19 heavy (non-hydrogen) atoms. The van der Waals surface area contributed by atoms with E-state index >= 15 is 0 Å². The van der Waals surface area contributed by atoms with Crippen molar-refractivity contribution in [3.05, 3.63) is 64.2 Å². The van der Waals surface area contributed by atoms with Gasteiger partial charge in [0.15, 0.2) is 0 Å². The molecule has 1 unspecified atom stereocenters. The summed E-state index contributed by atoms with van der Waals surface area (Å²) in [7, 11) is 0. The Hall–Kier alpha value is -1.18. The third-order valence-corrected chi connectivity index (χ3v) is 4.23. The summed E-state index contributed by atoms with van der Waals surface area (Å²) >= 11 is 12.0. The lowest BCUT2D eigenvalue weighted by atomic mass is 9.78. The fourth-order valence-corrected chi connectivity index (χ4v) is 3.08. The fourth-order valence-electron chi connectivity index (χ4n) is 2.51. The molecule has 1 atom stereocenters. The normalized spacial score (nSPS) is 16.6. The molecular weight excluding hydrogens is 279 g/mol. The van der Waals surface area contributed by atoms with Crippen molar-refractivity contribution in [2.24, 2.45) is 0 Å². The van der Waals surface area contributed by atoms with Gasteiger partial charge in [0.25, 0.3) is 0 Å². The van der Waals surface area contributed by atoms with Gasteiger partial charge in [-0.05, 0) is 29.7 Å². The van der Waals surface area contributed by atoms with E-state index in [2.05, 4.69) is 24.3 Å². The molecule has 1 nitrogen and oxygen atoms in total. The second kappa shape index (κ2) is 5.44. The molecule has 0 saturated heterocycles. The highest BCUT2D eigenvalue weighted by Crippen LogP contribution is 2.36. The summed E-state index contributed by atoms with van der Waals surface area (Å²) in [5, 5.41) is 0.668. The van der Waals surface area contributed by atoms with Crippen LogP contribution in [-0.2, 0) is 12.3 Å². The van der Waals surface area contributed by atoms with E-state index < -0.39 is 0 Å². The molecule has 0 saturated carbocycles. The predicted molar refractivity (Wildman–Crippen MR) is 79.4 cm³/mol. The molecule has 0 spiro atoms. The van der Waals surface area contributed by atoms with Gasteiger partial charge in [-0.3, -0.25) is 0 Å². The molecule has 0 amide bonds. The van der Waals surface area contributed by atoms with E-state index in [9.17, 15) is 0 Å². The second-order valence-corrected chi connectivity index (χ2v) is 5.44. The Morgan fingerprint density at radius 3 is 2.74 bits per heavy atom. The highest BCUT2D eigenvalue weighted by molar-refractivity contribution is 6.32. The lowest BCUT2D eigenvalue weighted by Gasteiger charge is -2.30. The van der Waals surface area contributed by atoms with Crippen LogP contribution in [-0.4, -0.2) is 6.61 Å². The molecule has 0 radical (unpaired) electrons. The molecule has 0 heterocycles. The maximum absolute atomic E-state index is 6.11. The molecule has 0 bridgehead atoms. The van der Waals surface area contributed by atoms with Gasteiger partial charge in [0.05, 0.1) is 12.5 Å². The molecule has 0 fully saturated rings. The molecule has 0 aromatic heterocycles. The van der Waals surface area contributed by atoms with E-state index in [0.29, 0.717) is 23.4 Å². The SMILES string of the molecule is ClCc1c(Cl)cccc1OCC1Cc2ccccc21. The number of benzene rings is 2. The highest BCUT2D eigenvalue weighted by Gasteiger charge is 2.26. The summed E-state index contributed by atoms with van der Waals surface area (Å²) in [6, 6.07) is 14.2. The van der Waals surface area contributed by atoms with Crippen LogP contribution in [0.25, 0.3) is 0 Å². The monoisotopic (exact) mass is 292 g/mol. The molecule has 1 aliphatic carbocycles. The molecule has 2 aromatic carbocycles. The first-order chi connectivity index (χ1) is 9.29.